The smallest absolute Gasteiger partial charge is 0.405 e. The van der Waals surface area contributed by atoms with E-state index in [0.29, 0.717) is 5.01 Å². The Balaban J connectivity index is 2.25. The summed E-state index contributed by atoms with van der Waals surface area (Å²) in [5, 5.41) is 8.81. The van der Waals surface area contributed by atoms with E-state index in [0.717, 1.165) is 18.6 Å². The highest BCUT2D eigenvalue weighted by atomic mass is 19.4. The van der Waals surface area contributed by atoms with Crippen molar-refractivity contribution in [2.45, 2.75) is 82.1 Å². The summed E-state index contributed by atoms with van der Waals surface area (Å²) >= 11 is 0. The second-order valence-electron chi connectivity index (χ2n) is 10.2. The van der Waals surface area contributed by atoms with Gasteiger partial charge in [0.15, 0.2) is 5.84 Å². The number of nitrogens with one attached hydrogen (secondary N) is 2. The zero-order chi connectivity index (χ0) is 31.0. The van der Waals surface area contributed by atoms with E-state index >= 15 is 0 Å². The molecular formula is C24H37F5N10O2. The van der Waals surface area contributed by atoms with E-state index in [2.05, 4.69) is 25.7 Å². The van der Waals surface area contributed by atoms with E-state index < -0.39 is 60.8 Å². The monoisotopic (exact) mass is 592 g/mol. The van der Waals surface area contributed by atoms with Crippen LogP contribution >= 0.6 is 0 Å². The van der Waals surface area contributed by atoms with Crippen molar-refractivity contribution in [3.8, 4) is 0 Å². The third-order valence-electron chi connectivity index (χ3n) is 6.47. The second-order valence-corrected chi connectivity index (χ2v) is 10.2. The van der Waals surface area contributed by atoms with Crippen LogP contribution in [0.3, 0.4) is 0 Å². The van der Waals surface area contributed by atoms with Crippen LogP contribution in [-0.2, 0) is 9.59 Å². The molecule has 0 bridgehead atoms. The number of allylic oxidation sites excluding steroid dienone is 1. The first-order chi connectivity index (χ1) is 19.1. The molecular weight excluding hydrogens is 555 g/mol. The van der Waals surface area contributed by atoms with Gasteiger partial charge in [-0.3, -0.25) is 24.6 Å². The van der Waals surface area contributed by atoms with Gasteiger partial charge >= 0.3 is 6.18 Å². The van der Waals surface area contributed by atoms with Crippen LogP contribution in [0.2, 0.25) is 0 Å². The first-order valence-electron chi connectivity index (χ1n) is 12.9. The molecule has 2 fully saturated rings. The third-order valence-corrected chi connectivity index (χ3v) is 6.47. The summed E-state index contributed by atoms with van der Waals surface area (Å²) in [5.41, 5.74) is 9.67. The Bertz CT molecular complexity index is 1090. The van der Waals surface area contributed by atoms with Crippen molar-refractivity contribution in [1.82, 2.24) is 15.6 Å². The van der Waals surface area contributed by atoms with Gasteiger partial charge in [0.25, 0.3) is 5.91 Å². The first-order valence-corrected chi connectivity index (χ1v) is 12.9. The van der Waals surface area contributed by atoms with E-state index in [1.807, 2.05) is 0 Å². The predicted molar refractivity (Wildman–Crippen MR) is 144 cm³/mol. The van der Waals surface area contributed by atoms with Gasteiger partial charge in [0, 0.05) is 31.3 Å². The molecule has 10 N–H and O–H groups in total. The van der Waals surface area contributed by atoms with Crippen molar-refractivity contribution in [3.63, 3.8) is 0 Å². The number of carbonyl (C=O) groups is 2. The zero-order valence-electron chi connectivity index (χ0n) is 22.8. The Morgan fingerprint density at radius 3 is 2.20 bits per heavy atom. The second kappa shape index (κ2) is 13.7. The number of nitrogens with two attached hydrogens (primary N) is 4. The van der Waals surface area contributed by atoms with Crippen molar-refractivity contribution in [3.05, 3.63) is 24.2 Å². The molecule has 0 saturated heterocycles. The topological polar surface area (TPSA) is 203 Å². The molecule has 0 aliphatic heterocycles. The minimum atomic E-state index is -4.62. The molecule has 0 spiro atoms. The SMILES string of the molecule is CC(C)N=C(/C=C\N)C(=O)NC(C(=O)N/C(C=NC1(/C(=N/N)N(N)CC(F)(F)F)CC1)=C/N)C1CCC(F)(F)CC1. The Hall–Kier alpha value is -3.76. The van der Waals surface area contributed by atoms with Crippen molar-refractivity contribution in [1.29, 1.82) is 0 Å². The van der Waals surface area contributed by atoms with Crippen LogP contribution in [0.4, 0.5) is 22.0 Å². The van der Waals surface area contributed by atoms with E-state index in [4.69, 9.17) is 23.2 Å². The standard InChI is InChI=1S/C24H37F5N10O2/c1-14(2)35-17(5-10-30)19(40)37-18(15-3-6-23(25,26)7-4-15)20(41)36-16(11-31)12-34-22(8-9-22)21(38-32)39(33)13-24(27,28)29/h5,10-12,14-15,18H,3-4,6-9,13,30-33H2,1-2H3,(H,36,41)(H,37,40)/b10-5-,16-11+,34-12?,35-17?,38-21-. The molecule has 41 heavy (non-hydrogen) atoms. The summed E-state index contributed by atoms with van der Waals surface area (Å²) in [7, 11) is 0. The fourth-order valence-electron chi connectivity index (χ4n) is 4.34. The molecule has 0 heterocycles. The number of hydrazone groups is 1. The summed E-state index contributed by atoms with van der Waals surface area (Å²) in [6.07, 6.45) is -0.659. The molecule has 1 unspecified atom stereocenters. The molecule has 2 amide bonds. The van der Waals surface area contributed by atoms with Gasteiger partial charge in [-0.25, -0.2) is 14.6 Å². The number of hydrazine groups is 1. The molecule has 2 aliphatic rings. The number of amides is 2. The summed E-state index contributed by atoms with van der Waals surface area (Å²) in [6.45, 7) is 1.94. The van der Waals surface area contributed by atoms with Gasteiger partial charge in [0.1, 0.15) is 23.8 Å². The summed E-state index contributed by atoms with van der Waals surface area (Å²) in [4.78, 5) is 34.7. The highest BCUT2D eigenvalue weighted by Gasteiger charge is 2.51. The Morgan fingerprint density at radius 2 is 1.73 bits per heavy atom. The van der Waals surface area contributed by atoms with Crippen molar-refractivity contribution >= 4 is 29.6 Å². The number of nitrogens with zero attached hydrogens (tertiary/aromatic N) is 4. The molecule has 0 aromatic carbocycles. The number of carbonyl (C=O) groups excluding carboxylic acids is 2. The van der Waals surface area contributed by atoms with Crippen LogP contribution < -0.4 is 33.8 Å². The summed E-state index contributed by atoms with van der Waals surface area (Å²) in [5.74, 6) is 5.48. The molecule has 0 aromatic rings. The Morgan fingerprint density at radius 1 is 1.12 bits per heavy atom. The van der Waals surface area contributed by atoms with Gasteiger partial charge in [-0.1, -0.05) is 0 Å². The van der Waals surface area contributed by atoms with Gasteiger partial charge in [-0.15, -0.1) is 0 Å². The summed E-state index contributed by atoms with van der Waals surface area (Å²) in [6, 6.07) is -1.54. The van der Waals surface area contributed by atoms with Crippen LogP contribution in [0.5, 0.6) is 0 Å². The van der Waals surface area contributed by atoms with Gasteiger partial charge in [0.05, 0.1) is 5.70 Å². The molecule has 2 aliphatic carbocycles. The average molecular weight is 593 g/mol. The number of amidine groups is 1. The number of aliphatic imine (C=N–C) groups is 2. The predicted octanol–water partition coefficient (Wildman–Crippen LogP) is 1.15. The normalized spacial score (nSPS) is 20.9. The summed E-state index contributed by atoms with van der Waals surface area (Å²) < 4.78 is 66.1. The van der Waals surface area contributed by atoms with Gasteiger partial charge in [-0.05, 0) is 57.7 Å². The van der Waals surface area contributed by atoms with Crippen LogP contribution in [-0.4, -0.2) is 70.9 Å². The maximum atomic E-state index is 13.8. The molecule has 2 rings (SSSR count). The molecule has 12 nitrogen and oxygen atoms in total. The quantitative estimate of drug-likeness (QED) is 0.0678. The lowest BCUT2D eigenvalue weighted by Crippen LogP contribution is -2.53. The molecule has 2 saturated carbocycles. The zero-order valence-corrected chi connectivity index (χ0v) is 22.8. The van der Waals surface area contributed by atoms with Gasteiger partial charge in [0.2, 0.25) is 11.8 Å². The number of halogens is 5. The van der Waals surface area contributed by atoms with Crippen molar-refractivity contribution in [2.75, 3.05) is 6.54 Å². The van der Waals surface area contributed by atoms with Crippen LogP contribution in [0.15, 0.2) is 39.3 Å². The Kier molecular flexibility index (Phi) is 11.2. The molecule has 0 radical (unpaired) electrons. The minimum absolute atomic E-state index is 0.0461. The van der Waals surface area contributed by atoms with Gasteiger partial charge in [-0.2, -0.15) is 18.3 Å². The highest BCUT2D eigenvalue weighted by molar-refractivity contribution is 6.43. The van der Waals surface area contributed by atoms with Crippen molar-refractivity contribution in [2.24, 2.45) is 44.2 Å². The highest BCUT2D eigenvalue weighted by Crippen LogP contribution is 2.42. The van der Waals surface area contributed by atoms with Crippen LogP contribution in [0, 0.1) is 5.92 Å². The van der Waals surface area contributed by atoms with E-state index in [1.54, 1.807) is 13.8 Å². The third kappa shape index (κ3) is 9.98. The number of alkyl halides is 5. The lowest BCUT2D eigenvalue weighted by Gasteiger charge is -2.33. The molecule has 0 aromatic heterocycles. The minimum Gasteiger partial charge on any atom is -0.405 e. The van der Waals surface area contributed by atoms with Crippen molar-refractivity contribution < 1.29 is 31.5 Å². The fraction of sp³-hybridized carbons (Fsp3) is 0.625. The number of hydrogen-bond donors (Lipinski definition) is 6. The van der Waals surface area contributed by atoms with Crippen LogP contribution in [0.25, 0.3) is 0 Å². The number of hydrogen-bond acceptors (Lipinski definition) is 9. The maximum absolute atomic E-state index is 13.8. The average Bonchev–Trinajstić information content (AvgIpc) is 3.64. The largest absolute Gasteiger partial charge is 0.407 e. The van der Waals surface area contributed by atoms with Crippen LogP contribution in [0.1, 0.15) is 52.4 Å². The van der Waals surface area contributed by atoms with E-state index in [1.165, 1.54) is 6.08 Å². The maximum Gasteiger partial charge on any atom is 0.407 e. The lowest BCUT2D eigenvalue weighted by atomic mass is 9.81. The molecule has 1 atom stereocenters. The molecule has 230 valence electrons. The van der Waals surface area contributed by atoms with Gasteiger partial charge < -0.3 is 27.9 Å². The van der Waals surface area contributed by atoms with E-state index in [-0.39, 0.29) is 49.0 Å². The Labute approximate surface area is 234 Å². The molecule has 17 heteroatoms. The lowest BCUT2D eigenvalue weighted by molar-refractivity contribution is -0.138. The first kappa shape index (κ1) is 33.4. The fourth-order valence-corrected chi connectivity index (χ4v) is 4.34. The van der Waals surface area contributed by atoms with E-state index in [9.17, 15) is 31.5 Å². The number of rotatable bonds is 11.